The highest BCUT2D eigenvalue weighted by Crippen LogP contribution is 2.33. The number of thioether (sulfide) groups is 1. The Morgan fingerprint density at radius 3 is 2.26 bits per heavy atom. The molecule has 1 fully saturated rings. The molecule has 7 heteroatoms. The molecule has 0 atom stereocenters. The predicted octanol–water partition coefficient (Wildman–Crippen LogP) is 5.37. The SMILES string of the molecule is O=C1S/C(=C/c2ccc(C(F)(F)F)cc2)C(=O)N1CCCc1ccccc1. The summed E-state index contributed by atoms with van der Waals surface area (Å²) in [6.07, 6.45) is -1.56. The Hall–Kier alpha value is -2.54. The number of hydrogen-bond donors (Lipinski definition) is 0. The monoisotopic (exact) mass is 391 g/mol. The van der Waals surface area contributed by atoms with E-state index in [1.807, 2.05) is 30.3 Å². The average molecular weight is 391 g/mol. The van der Waals surface area contributed by atoms with Gasteiger partial charge in [0.25, 0.3) is 11.1 Å². The van der Waals surface area contributed by atoms with E-state index in [0.29, 0.717) is 18.5 Å². The number of amides is 2. The fraction of sp³-hybridized carbons (Fsp3) is 0.200. The summed E-state index contributed by atoms with van der Waals surface area (Å²) in [6, 6.07) is 14.2. The maximum absolute atomic E-state index is 12.6. The van der Waals surface area contributed by atoms with Crippen molar-refractivity contribution in [2.75, 3.05) is 6.54 Å². The molecule has 1 saturated heterocycles. The van der Waals surface area contributed by atoms with Crippen LogP contribution in [0.2, 0.25) is 0 Å². The van der Waals surface area contributed by atoms with Gasteiger partial charge in [-0.05, 0) is 53.9 Å². The van der Waals surface area contributed by atoms with Crippen LogP contribution in [0, 0.1) is 0 Å². The lowest BCUT2D eigenvalue weighted by atomic mass is 10.1. The van der Waals surface area contributed by atoms with Gasteiger partial charge in [0.05, 0.1) is 10.5 Å². The summed E-state index contributed by atoms with van der Waals surface area (Å²) in [6.45, 7) is 0.309. The molecule has 0 aliphatic carbocycles. The Kier molecular flexibility index (Phi) is 5.70. The maximum Gasteiger partial charge on any atom is 0.416 e. The molecule has 0 unspecified atom stereocenters. The zero-order valence-electron chi connectivity index (χ0n) is 14.2. The van der Waals surface area contributed by atoms with Crippen molar-refractivity contribution in [3.8, 4) is 0 Å². The average Bonchev–Trinajstić information content (AvgIpc) is 2.90. The minimum atomic E-state index is -4.41. The van der Waals surface area contributed by atoms with Crippen LogP contribution in [-0.4, -0.2) is 22.6 Å². The number of carbonyl (C=O) groups excluding carboxylic acids is 2. The second kappa shape index (κ2) is 8.00. The second-order valence-corrected chi connectivity index (χ2v) is 7.04. The largest absolute Gasteiger partial charge is 0.416 e. The molecule has 2 amide bonds. The zero-order valence-corrected chi connectivity index (χ0v) is 15.0. The first-order valence-electron chi connectivity index (χ1n) is 8.31. The molecule has 27 heavy (non-hydrogen) atoms. The van der Waals surface area contributed by atoms with Gasteiger partial charge in [0.2, 0.25) is 0 Å². The Morgan fingerprint density at radius 1 is 0.963 bits per heavy atom. The molecule has 1 heterocycles. The van der Waals surface area contributed by atoms with Gasteiger partial charge in [-0.3, -0.25) is 14.5 Å². The van der Waals surface area contributed by atoms with Gasteiger partial charge in [-0.15, -0.1) is 0 Å². The number of nitrogens with zero attached hydrogens (tertiary/aromatic N) is 1. The smallest absolute Gasteiger partial charge is 0.268 e. The van der Waals surface area contributed by atoms with E-state index < -0.39 is 17.6 Å². The molecule has 0 N–H and O–H groups in total. The first-order valence-corrected chi connectivity index (χ1v) is 9.13. The lowest BCUT2D eigenvalue weighted by molar-refractivity contribution is -0.137. The number of halogens is 3. The van der Waals surface area contributed by atoms with E-state index in [2.05, 4.69) is 0 Å². The molecular formula is C20H16F3NO2S. The van der Waals surface area contributed by atoms with Crippen molar-refractivity contribution in [2.24, 2.45) is 0 Å². The van der Waals surface area contributed by atoms with Gasteiger partial charge < -0.3 is 0 Å². The van der Waals surface area contributed by atoms with E-state index in [1.54, 1.807) is 0 Å². The third-order valence-electron chi connectivity index (χ3n) is 4.10. The van der Waals surface area contributed by atoms with Crippen molar-refractivity contribution in [2.45, 2.75) is 19.0 Å². The fourth-order valence-corrected chi connectivity index (χ4v) is 3.56. The van der Waals surface area contributed by atoms with Crippen LogP contribution in [0.1, 0.15) is 23.1 Å². The van der Waals surface area contributed by atoms with Crippen molar-refractivity contribution in [3.05, 3.63) is 76.2 Å². The van der Waals surface area contributed by atoms with Crippen molar-refractivity contribution in [3.63, 3.8) is 0 Å². The van der Waals surface area contributed by atoms with E-state index in [1.165, 1.54) is 23.1 Å². The van der Waals surface area contributed by atoms with E-state index in [0.717, 1.165) is 35.9 Å². The van der Waals surface area contributed by atoms with Crippen LogP contribution < -0.4 is 0 Å². The van der Waals surface area contributed by atoms with Gasteiger partial charge in [0, 0.05) is 6.54 Å². The van der Waals surface area contributed by atoms with E-state index in [-0.39, 0.29) is 10.1 Å². The topological polar surface area (TPSA) is 37.4 Å². The number of imide groups is 1. The van der Waals surface area contributed by atoms with Crippen molar-refractivity contribution < 1.29 is 22.8 Å². The second-order valence-electron chi connectivity index (χ2n) is 6.04. The fourth-order valence-electron chi connectivity index (χ4n) is 2.70. The Labute approximate surface area is 158 Å². The molecule has 3 rings (SSSR count). The standard InChI is InChI=1S/C20H16F3NO2S/c21-20(22,23)16-10-8-15(9-11-16)13-17-18(25)24(19(26)27-17)12-4-7-14-5-2-1-3-6-14/h1-3,5-6,8-11,13H,4,7,12H2/b17-13+. The predicted molar refractivity (Wildman–Crippen MR) is 98.9 cm³/mol. The number of alkyl halides is 3. The van der Waals surface area contributed by atoms with Gasteiger partial charge in [-0.25, -0.2) is 0 Å². The summed E-state index contributed by atoms with van der Waals surface area (Å²) >= 11 is 0.809. The Bertz CT molecular complexity index is 861. The number of rotatable bonds is 5. The highest BCUT2D eigenvalue weighted by atomic mass is 32.2. The van der Waals surface area contributed by atoms with Crippen LogP contribution >= 0.6 is 11.8 Å². The van der Waals surface area contributed by atoms with Gasteiger partial charge >= 0.3 is 6.18 Å². The molecule has 0 bridgehead atoms. The van der Waals surface area contributed by atoms with Crippen LogP contribution in [0.3, 0.4) is 0 Å². The molecule has 0 aromatic heterocycles. The molecule has 1 aliphatic heterocycles. The first-order chi connectivity index (χ1) is 12.8. The molecule has 2 aromatic carbocycles. The van der Waals surface area contributed by atoms with Crippen LogP contribution in [0.15, 0.2) is 59.5 Å². The van der Waals surface area contributed by atoms with Crippen molar-refractivity contribution >= 4 is 29.0 Å². The molecule has 0 radical (unpaired) electrons. The summed E-state index contributed by atoms with van der Waals surface area (Å²) in [7, 11) is 0. The van der Waals surface area contributed by atoms with E-state index in [9.17, 15) is 22.8 Å². The zero-order chi connectivity index (χ0) is 19.4. The van der Waals surface area contributed by atoms with Crippen LogP contribution in [0.5, 0.6) is 0 Å². The molecule has 3 nitrogen and oxygen atoms in total. The van der Waals surface area contributed by atoms with Crippen LogP contribution in [-0.2, 0) is 17.4 Å². The highest BCUT2D eigenvalue weighted by molar-refractivity contribution is 8.18. The molecule has 1 aliphatic rings. The molecule has 0 saturated carbocycles. The van der Waals surface area contributed by atoms with Gasteiger partial charge in [0.1, 0.15) is 0 Å². The summed E-state index contributed by atoms with van der Waals surface area (Å²) in [5, 5.41) is -0.355. The number of aryl methyl sites for hydroxylation is 1. The molecule has 2 aromatic rings. The maximum atomic E-state index is 12.6. The van der Waals surface area contributed by atoms with Gasteiger partial charge in [-0.1, -0.05) is 42.5 Å². The molecule has 0 spiro atoms. The summed E-state index contributed by atoms with van der Waals surface area (Å²) < 4.78 is 37.8. The van der Waals surface area contributed by atoms with Gasteiger partial charge in [0.15, 0.2) is 0 Å². The lowest BCUT2D eigenvalue weighted by Gasteiger charge is -2.12. The lowest BCUT2D eigenvalue weighted by Crippen LogP contribution is -2.29. The summed E-state index contributed by atoms with van der Waals surface area (Å²) in [5.41, 5.74) is 0.816. The number of hydrogen-bond acceptors (Lipinski definition) is 3. The summed E-state index contributed by atoms with van der Waals surface area (Å²) in [5.74, 6) is -0.405. The van der Waals surface area contributed by atoms with Crippen molar-refractivity contribution in [1.29, 1.82) is 0 Å². The number of carbonyl (C=O) groups is 2. The quantitative estimate of drug-likeness (QED) is 0.643. The third-order valence-corrected chi connectivity index (χ3v) is 5.01. The van der Waals surface area contributed by atoms with Crippen LogP contribution in [0.4, 0.5) is 18.0 Å². The molecular weight excluding hydrogens is 375 g/mol. The number of benzene rings is 2. The minimum Gasteiger partial charge on any atom is -0.268 e. The minimum absolute atomic E-state index is 0.222. The first kappa shape index (κ1) is 19.2. The van der Waals surface area contributed by atoms with Gasteiger partial charge in [-0.2, -0.15) is 13.2 Å². The summed E-state index contributed by atoms with van der Waals surface area (Å²) in [4.78, 5) is 25.9. The van der Waals surface area contributed by atoms with Crippen LogP contribution in [0.25, 0.3) is 6.08 Å². The Balaban J connectivity index is 1.63. The highest BCUT2D eigenvalue weighted by Gasteiger charge is 2.34. The molecule has 140 valence electrons. The Morgan fingerprint density at radius 2 is 1.63 bits per heavy atom. The normalized spacial score (nSPS) is 16.4. The van der Waals surface area contributed by atoms with E-state index >= 15 is 0 Å². The van der Waals surface area contributed by atoms with E-state index in [4.69, 9.17) is 0 Å². The van der Waals surface area contributed by atoms with Crippen molar-refractivity contribution in [1.82, 2.24) is 4.90 Å². The third kappa shape index (κ3) is 4.80.